The molecule has 2 atom stereocenters. The van der Waals surface area contributed by atoms with Crippen LogP contribution in [0.3, 0.4) is 0 Å². The zero-order valence-corrected chi connectivity index (χ0v) is 17.6. The maximum Gasteiger partial charge on any atom is 0.304 e. The third kappa shape index (κ3) is 4.60. The van der Waals surface area contributed by atoms with E-state index in [1.807, 2.05) is 18.2 Å². The molecule has 0 spiro atoms. The molecule has 0 radical (unpaired) electrons. The number of carbonyl (C=O) groups excluding carboxylic acids is 2. The summed E-state index contributed by atoms with van der Waals surface area (Å²) < 4.78 is 14.8. The van der Waals surface area contributed by atoms with Crippen LogP contribution in [-0.2, 0) is 4.79 Å². The Balaban J connectivity index is 1.71. The largest absolute Gasteiger partial charge is 0.334 e. The highest BCUT2D eigenvalue weighted by Crippen LogP contribution is 2.27. The maximum atomic E-state index is 13.2. The summed E-state index contributed by atoms with van der Waals surface area (Å²) in [5, 5.41) is 3.83. The molecule has 3 aromatic rings. The number of rotatable bonds is 4. The fraction of sp³-hybridized carbons (Fsp3) is 0.0870. The van der Waals surface area contributed by atoms with Gasteiger partial charge in [-0.15, -0.1) is 10.1 Å². The fourth-order valence-corrected chi connectivity index (χ4v) is 3.71. The Morgan fingerprint density at radius 1 is 1.00 bits per heavy atom. The number of hydrazone groups is 1. The zero-order chi connectivity index (χ0) is 22.0. The van der Waals surface area contributed by atoms with Gasteiger partial charge in [-0.05, 0) is 48.5 Å². The Morgan fingerprint density at radius 2 is 1.68 bits per heavy atom. The molecule has 31 heavy (non-hydrogen) atoms. The first-order valence-corrected chi connectivity index (χ1v) is 10.2. The normalized spacial score (nSPS) is 19.3. The van der Waals surface area contributed by atoms with Crippen LogP contribution < -0.4 is 10.7 Å². The van der Waals surface area contributed by atoms with Crippen LogP contribution in [0.4, 0.5) is 4.39 Å². The van der Waals surface area contributed by atoms with Gasteiger partial charge in [0.1, 0.15) is 5.82 Å². The standard InChI is InChI=1S/C23H16Cl2FN3O2/c24-17-9-5-14(6-10-17)21-20(27-22(30)15-7-11-18(26)12-8-15)23(31)28-29(21)13-16-3-1-2-4-19(16)25/h1-13,20-21H,(H-,27,28,30,31)/p+1/b29-13-/t20-,21+/m0/s1. The Morgan fingerprint density at radius 3 is 2.35 bits per heavy atom. The van der Waals surface area contributed by atoms with E-state index in [2.05, 4.69) is 10.7 Å². The van der Waals surface area contributed by atoms with Crippen LogP contribution >= 0.6 is 23.2 Å². The number of hydrogen-bond acceptors (Lipinski definition) is 2. The fourth-order valence-electron chi connectivity index (χ4n) is 3.40. The molecule has 1 heterocycles. The average Bonchev–Trinajstić information content (AvgIpc) is 3.05. The van der Waals surface area contributed by atoms with Gasteiger partial charge in [0.25, 0.3) is 5.91 Å². The molecule has 4 rings (SSSR count). The number of carbonyl (C=O) groups is 2. The first-order chi connectivity index (χ1) is 14.9. The number of hydrazine groups is 1. The lowest BCUT2D eigenvalue weighted by Crippen LogP contribution is -2.42. The van der Waals surface area contributed by atoms with Crippen LogP contribution in [0.5, 0.6) is 0 Å². The molecule has 1 saturated heterocycles. The van der Waals surface area contributed by atoms with E-state index in [0.717, 1.165) is 5.56 Å². The Bertz CT molecular complexity index is 1160. The first kappa shape index (κ1) is 21.0. The molecule has 3 aromatic carbocycles. The number of amides is 2. The smallest absolute Gasteiger partial charge is 0.304 e. The minimum absolute atomic E-state index is 0.248. The van der Waals surface area contributed by atoms with E-state index < -0.39 is 29.7 Å². The van der Waals surface area contributed by atoms with Crippen LogP contribution in [0, 0.1) is 5.82 Å². The van der Waals surface area contributed by atoms with Crippen molar-refractivity contribution >= 4 is 41.2 Å². The van der Waals surface area contributed by atoms with Gasteiger partial charge >= 0.3 is 5.91 Å². The summed E-state index contributed by atoms with van der Waals surface area (Å²) in [6.07, 6.45) is 1.71. The second kappa shape index (κ2) is 8.88. The molecule has 0 unspecified atom stereocenters. The molecule has 8 heteroatoms. The molecule has 1 aliphatic heterocycles. The average molecular weight is 457 g/mol. The Labute approximate surface area is 188 Å². The van der Waals surface area contributed by atoms with E-state index in [9.17, 15) is 14.0 Å². The highest BCUT2D eigenvalue weighted by molar-refractivity contribution is 6.33. The number of halogens is 3. The van der Waals surface area contributed by atoms with E-state index in [1.54, 1.807) is 41.2 Å². The van der Waals surface area contributed by atoms with E-state index in [1.165, 1.54) is 24.3 Å². The first-order valence-electron chi connectivity index (χ1n) is 9.42. The molecule has 5 nitrogen and oxygen atoms in total. The van der Waals surface area contributed by atoms with Gasteiger partial charge < -0.3 is 5.32 Å². The summed E-state index contributed by atoms with van der Waals surface area (Å²) >= 11 is 12.3. The summed E-state index contributed by atoms with van der Waals surface area (Å²) in [6.45, 7) is 0. The van der Waals surface area contributed by atoms with Gasteiger partial charge in [-0.25, -0.2) is 4.39 Å². The van der Waals surface area contributed by atoms with Crippen molar-refractivity contribution in [1.82, 2.24) is 10.7 Å². The van der Waals surface area contributed by atoms with Gasteiger partial charge in [0, 0.05) is 16.1 Å². The van der Waals surface area contributed by atoms with Crippen molar-refractivity contribution in [2.75, 3.05) is 0 Å². The van der Waals surface area contributed by atoms with Gasteiger partial charge in [0.15, 0.2) is 6.04 Å². The molecule has 0 bridgehead atoms. The van der Waals surface area contributed by atoms with Crippen LogP contribution in [-0.4, -0.2) is 28.8 Å². The summed E-state index contributed by atoms with van der Waals surface area (Å²) in [7, 11) is 0. The third-order valence-corrected chi connectivity index (χ3v) is 5.52. The van der Waals surface area contributed by atoms with Gasteiger partial charge in [-0.1, -0.05) is 47.5 Å². The summed E-state index contributed by atoms with van der Waals surface area (Å²) in [4.78, 5) is 25.5. The van der Waals surface area contributed by atoms with E-state index >= 15 is 0 Å². The van der Waals surface area contributed by atoms with Gasteiger partial charge in [0.2, 0.25) is 12.3 Å². The van der Waals surface area contributed by atoms with E-state index in [-0.39, 0.29) is 5.56 Å². The minimum atomic E-state index is -0.905. The SMILES string of the molecule is O=C(N[C@@H]1C(=O)N/[N+](=C\c2ccccc2Cl)[C@@H]1c1ccc(Cl)cc1)c1ccc(F)cc1. The Hall–Kier alpha value is -3.22. The van der Waals surface area contributed by atoms with Crippen molar-refractivity contribution in [2.45, 2.75) is 12.1 Å². The van der Waals surface area contributed by atoms with Crippen molar-refractivity contribution in [3.8, 4) is 0 Å². The molecule has 1 fully saturated rings. The molecule has 0 saturated carbocycles. The summed E-state index contributed by atoms with van der Waals surface area (Å²) in [5.41, 5.74) is 4.49. The van der Waals surface area contributed by atoms with Crippen LogP contribution in [0.25, 0.3) is 0 Å². The second-order valence-electron chi connectivity index (χ2n) is 6.99. The molecular weight excluding hydrogens is 440 g/mol. The van der Waals surface area contributed by atoms with E-state index in [0.29, 0.717) is 15.6 Å². The maximum absolute atomic E-state index is 13.2. The topological polar surface area (TPSA) is 61.2 Å². The number of nitrogens with one attached hydrogen (secondary N) is 2. The van der Waals surface area contributed by atoms with Gasteiger partial charge in [-0.2, -0.15) is 0 Å². The van der Waals surface area contributed by atoms with Gasteiger partial charge in [0.05, 0.1) is 10.6 Å². The predicted octanol–water partition coefficient (Wildman–Crippen LogP) is 4.15. The number of hydrogen-bond donors (Lipinski definition) is 2. The molecule has 0 aromatic heterocycles. The van der Waals surface area contributed by atoms with E-state index in [4.69, 9.17) is 23.2 Å². The summed E-state index contributed by atoms with van der Waals surface area (Å²) in [5.74, 6) is -1.33. The highest BCUT2D eigenvalue weighted by atomic mass is 35.5. The predicted molar refractivity (Wildman–Crippen MR) is 117 cm³/mol. The van der Waals surface area contributed by atoms with Crippen molar-refractivity contribution in [3.63, 3.8) is 0 Å². The Kier molecular flexibility index (Phi) is 6.02. The van der Waals surface area contributed by atoms with Crippen LogP contribution in [0.15, 0.2) is 72.8 Å². The lowest BCUT2D eigenvalue weighted by molar-refractivity contribution is -0.596. The zero-order valence-electron chi connectivity index (χ0n) is 16.1. The minimum Gasteiger partial charge on any atom is -0.334 e. The highest BCUT2D eigenvalue weighted by Gasteiger charge is 2.47. The van der Waals surface area contributed by atoms with Crippen LogP contribution in [0.1, 0.15) is 27.5 Å². The molecule has 2 amide bonds. The molecular formula is C23H17Cl2FN3O2+. The number of benzene rings is 3. The quantitative estimate of drug-likeness (QED) is 0.579. The van der Waals surface area contributed by atoms with Crippen LogP contribution in [0.2, 0.25) is 10.0 Å². The lowest BCUT2D eigenvalue weighted by atomic mass is 9.99. The van der Waals surface area contributed by atoms with Crippen molar-refractivity contribution in [2.24, 2.45) is 0 Å². The van der Waals surface area contributed by atoms with Crippen molar-refractivity contribution in [1.29, 1.82) is 0 Å². The molecule has 2 N–H and O–H groups in total. The lowest BCUT2D eigenvalue weighted by Gasteiger charge is -2.15. The monoisotopic (exact) mass is 456 g/mol. The second-order valence-corrected chi connectivity index (χ2v) is 7.83. The number of nitrogens with zero attached hydrogens (tertiary/aromatic N) is 1. The molecule has 1 aliphatic rings. The molecule has 0 aliphatic carbocycles. The molecule has 156 valence electrons. The van der Waals surface area contributed by atoms with Crippen molar-refractivity contribution in [3.05, 3.63) is 105 Å². The summed E-state index contributed by atoms with van der Waals surface area (Å²) in [6, 6.07) is 17.9. The van der Waals surface area contributed by atoms with Crippen molar-refractivity contribution < 1.29 is 18.7 Å². The third-order valence-electron chi connectivity index (χ3n) is 4.93. The van der Waals surface area contributed by atoms with Gasteiger partial charge in [-0.3, -0.25) is 9.59 Å².